The summed E-state index contributed by atoms with van der Waals surface area (Å²) >= 11 is 0. The first-order valence-electron chi connectivity index (χ1n) is 6.12. The zero-order chi connectivity index (χ0) is 12.1. The van der Waals surface area contributed by atoms with Gasteiger partial charge in [0.1, 0.15) is 0 Å². The molecule has 1 aliphatic heterocycles. The van der Waals surface area contributed by atoms with Crippen LogP contribution in [0.1, 0.15) is 25.5 Å². The molecule has 1 aliphatic rings. The molecule has 17 heavy (non-hydrogen) atoms. The molecule has 0 spiro atoms. The molecule has 1 unspecified atom stereocenters. The number of rotatable bonds is 5. The molecule has 0 amide bonds. The minimum absolute atomic E-state index is 0.287. The molecular weight excluding hydrogens is 218 g/mol. The topological polar surface area (TPSA) is 56.3 Å². The minimum atomic E-state index is 0.287. The SMILES string of the molecule is CCOc1cc(C)nc(NCC2CCCO2)n1. The van der Waals surface area contributed by atoms with Gasteiger partial charge in [0.25, 0.3) is 0 Å². The average molecular weight is 237 g/mol. The Balaban J connectivity index is 1.94. The lowest BCUT2D eigenvalue weighted by Crippen LogP contribution is -2.19. The van der Waals surface area contributed by atoms with Crippen molar-refractivity contribution in [3.8, 4) is 5.88 Å². The van der Waals surface area contributed by atoms with E-state index in [2.05, 4.69) is 15.3 Å². The van der Waals surface area contributed by atoms with Crippen molar-refractivity contribution in [2.75, 3.05) is 25.1 Å². The molecule has 1 atom stereocenters. The molecular formula is C12H19N3O2. The number of aromatic nitrogens is 2. The van der Waals surface area contributed by atoms with Gasteiger partial charge in [0.2, 0.25) is 11.8 Å². The third-order valence-electron chi connectivity index (χ3n) is 2.63. The average Bonchev–Trinajstić information content (AvgIpc) is 2.79. The van der Waals surface area contributed by atoms with Crippen molar-refractivity contribution in [3.63, 3.8) is 0 Å². The Hall–Kier alpha value is -1.36. The normalized spacial score (nSPS) is 19.3. The van der Waals surface area contributed by atoms with Crippen LogP contribution in [0.4, 0.5) is 5.95 Å². The van der Waals surface area contributed by atoms with E-state index >= 15 is 0 Å². The molecule has 0 radical (unpaired) electrons. The van der Waals surface area contributed by atoms with Crippen molar-refractivity contribution >= 4 is 5.95 Å². The summed E-state index contributed by atoms with van der Waals surface area (Å²) in [5, 5.41) is 3.20. The van der Waals surface area contributed by atoms with Crippen LogP contribution in [0.3, 0.4) is 0 Å². The van der Waals surface area contributed by atoms with Gasteiger partial charge < -0.3 is 14.8 Å². The van der Waals surface area contributed by atoms with E-state index in [1.807, 2.05) is 19.9 Å². The van der Waals surface area contributed by atoms with Crippen LogP contribution in [0.5, 0.6) is 5.88 Å². The summed E-state index contributed by atoms with van der Waals surface area (Å²) in [5.74, 6) is 1.23. The molecule has 2 rings (SSSR count). The molecule has 1 aromatic rings. The molecule has 0 bridgehead atoms. The van der Waals surface area contributed by atoms with Gasteiger partial charge in [-0.05, 0) is 26.7 Å². The van der Waals surface area contributed by atoms with Crippen LogP contribution in [0, 0.1) is 6.92 Å². The summed E-state index contributed by atoms with van der Waals surface area (Å²) in [6.07, 6.45) is 2.54. The lowest BCUT2D eigenvalue weighted by atomic mass is 10.2. The van der Waals surface area contributed by atoms with E-state index in [1.54, 1.807) is 0 Å². The van der Waals surface area contributed by atoms with Crippen LogP contribution in [-0.2, 0) is 4.74 Å². The van der Waals surface area contributed by atoms with Crippen molar-refractivity contribution in [1.82, 2.24) is 9.97 Å². The van der Waals surface area contributed by atoms with E-state index < -0.39 is 0 Å². The lowest BCUT2D eigenvalue weighted by molar-refractivity contribution is 0.120. The fraction of sp³-hybridized carbons (Fsp3) is 0.667. The maximum atomic E-state index is 5.53. The zero-order valence-electron chi connectivity index (χ0n) is 10.4. The monoisotopic (exact) mass is 237 g/mol. The Morgan fingerprint density at radius 1 is 1.53 bits per heavy atom. The minimum Gasteiger partial charge on any atom is -0.478 e. The molecule has 2 heterocycles. The highest BCUT2D eigenvalue weighted by Gasteiger charge is 2.15. The van der Waals surface area contributed by atoms with Crippen LogP contribution < -0.4 is 10.1 Å². The maximum Gasteiger partial charge on any atom is 0.226 e. The standard InChI is InChI=1S/C12H19N3O2/c1-3-16-11-7-9(2)14-12(15-11)13-8-10-5-4-6-17-10/h7,10H,3-6,8H2,1-2H3,(H,13,14,15). The van der Waals surface area contributed by atoms with Gasteiger partial charge in [0.05, 0.1) is 12.7 Å². The first kappa shape index (κ1) is 12.1. The number of nitrogens with one attached hydrogen (secondary N) is 1. The molecule has 0 aliphatic carbocycles. The van der Waals surface area contributed by atoms with Crippen LogP contribution in [0.15, 0.2) is 6.07 Å². The summed E-state index contributed by atoms with van der Waals surface area (Å²) < 4.78 is 10.9. The van der Waals surface area contributed by atoms with E-state index in [0.29, 0.717) is 18.4 Å². The molecule has 0 aromatic carbocycles. The molecule has 5 heteroatoms. The van der Waals surface area contributed by atoms with Gasteiger partial charge in [-0.1, -0.05) is 0 Å². The fourth-order valence-corrected chi connectivity index (χ4v) is 1.85. The predicted octanol–water partition coefficient (Wildman–Crippen LogP) is 1.77. The van der Waals surface area contributed by atoms with E-state index in [9.17, 15) is 0 Å². The number of anilines is 1. The Labute approximate surface area is 102 Å². The highest BCUT2D eigenvalue weighted by molar-refractivity contribution is 5.30. The Kier molecular flexibility index (Phi) is 4.14. The summed E-state index contributed by atoms with van der Waals surface area (Å²) in [7, 11) is 0. The molecule has 94 valence electrons. The van der Waals surface area contributed by atoms with Gasteiger partial charge in [0, 0.05) is 24.9 Å². The molecule has 5 nitrogen and oxygen atoms in total. The van der Waals surface area contributed by atoms with Gasteiger partial charge in [-0.25, -0.2) is 4.98 Å². The summed E-state index contributed by atoms with van der Waals surface area (Å²) in [6, 6.07) is 1.83. The number of nitrogens with zero attached hydrogens (tertiary/aromatic N) is 2. The van der Waals surface area contributed by atoms with E-state index in [4.69, 9.17) is 9.47 Å². The van der Waals surface area contributed by atoms with Crippen LogP contribution in [0.25, 0.3) is 0 Å². The quantitative estimate of drug-likeness (QED) is 0.846. The first-order chi connectivity index (χ1) is 8.28. The van der Waals surface area contributed by atoms with Gasteiger partial charge in [0.15, 0.2) is 0 Å². The molecule has 1 fully saturated rings. The van der Waals surface area contributed by atoms with E-state index in [-0.39, 0.29) is 6.10 Å². The molecule has 1 aromatic heterocycles. The highest BCUT2D eigenvalue weighted by Crippen LogP contribution is 2.14. The van der Waals surface area contributed by atoms with E-state index in [0.717, 1.165) is 31.7 Å². The fourth-order valence-electron chi connectivity index (χ4n) is 1.85. The third-order valence-corrected chi connectivity index (χ3v) is 2.63. The number of aryl methyl sites for hydroxylation is 1. The summed E-state index contributed by atoms with van der Waals surface area (Å²) in [6.45, 7) is 6.11. The lowest BCUT2D eigenvalue weighted by Gasteiger charge is -2.11. The maximum absolute atomic E-state index is 5.53. The number of hydrogen-bond acceptors (Lipinski definition) is 5. The zero-order valence-corrected chi connectivity index (χ0v) is 10.4. The van der Waals surface area contributed by atoms with Crippen molar-refractivity contribution in [2.24, 2.45) is 0 Å². The second-order valence-electron chi connectivity index (χ2n) is 4.12. The largest absolute Gasteiger partial charge is 0.478 e. The Morgan fingerprint density at radius 2 is 2.41 bits per heavy atom. The number of hydrogen-bond donors (Lipinski definition) is 1. The van der Waals surface area contributed by atoms with Crippen molar-refractivity contribution < 1.29 is 9.47 Å². The number of ether oxygens (including phenoxy) is 2. The second kappa shape index (κ2) is 5.82. The second-order valence-corrected chi connectivity index (χ2v) is 4.12. The van der Waals surface area contributed by atoms with Crippen molar-refractivity contribution in [2.45, 2.75) is 32.8 Å². The van der Waals surface area contributed by atoms with Gasteiger partial charge in [-0.15, -0.1) is 0 Å². The first-order valence-corrected chi connectivity index (χ1v) is 6.12. The Bertz CT molecular complexity index is 365. The van der Waals surface area contributed by atoms with Gasteiger partial charge in [-0.2, -0.15) is 4.98 Å². The summed E-state index contributed by atoms with van der Waals surface area (Å²) in [5.41, 5.74) is 0.901. The predicted molar refractivity (Wildman–Crippen MR) is 65.4 cm³/mol. The van der Waals surface area contributed by atoms with Gasteiger partial charge in [-0.3, -0.25) is 0 Å². The molecule has 0 saturated carbocycles. The highest BCUT2D eigenvalue weighted by atomic mass is 16.5. The van der Waals surface area contributed by atoms with Crippen molar-refractivity contribution in [3.05, 3.63) is 11.8 Å². The van der Waals surface area contributed by atoms with Gasteiger partial charge >= 0.3 is 0 Å². The summed E-state index contributed by atoms with van der Waals surface area (Å²) in [4.78, 5) is 8.60. The Morgan fingerprint density at radius 3 is 3.12 bits per heavy atom. The van der Waals surface area contributed by atoms with Crippen LogP contribution in [0.2, 0.25) is 0 Å². The molecule has 1 saturated heterocycles. The van der Waals surface area contributed by atoms with Crippen molar-refractivity contribution in [1.29, 1.82) is 0 Å². The molecule has 1 N–H and O–H groups in total. The smallest absolute Gasteiger partial charge is 0.226 e. The van der Waals surface area contributed by atoms with Crippen LogP contribution >= 0.6 is 0 Å². The van der Waals surface area contributed by atoms with E-state index in [1.165, 1.54) is 0 Å². The van der Waals surface area contributed by atoms with Crippen LogP contribution in [-0.4, -0.2) is 35.8 Å². The third kappa shape index (κ3) is 3.56.